The van der Waals surface area contributed by atoms with Crippen LogP contribution in [0, 0.1) is 5.92 Å². The van der Waals surface area contributed by atoms with Gasteiger partial charge in [0.2, 0.25) is 5.91 Å². The highest BCUT2D eigenvalue weighted by molar-refractivity contribution is 5.77. The lowest BCUT2D eigenvalue weighted by molar-refractivity contribution is -0.139. The Bertz CT molecular complexity index is 253. The molecule has 0 spiro atoms. The first-order chi connectivity index (χ1) is 7.70. The maximum absolute atomic E-state index is 12.0. The lowest BCUT2D eigenvalue weighted by atomic mass is 10.1. The van der Waals surface area contributed by atoms with E-state index < -0.39 is 0 Å². The maximum Gasteiger partial charge on any atom is 0.224 e. The summed E-state index contributed by atoms with van der Waals surface area (Å²) >= 11 is 0. The Kier molecular flexibility index (Phi) is 3.82. The summed E-state index contributed by atoms with van der Waals surface area (Å²) < 4.78 is 5.55. The van der Waals surface area contributed by atoms with Crippen molar-refractivity contribution in [2.45, 2.75) is 44.8 Å². The van der Waals surface area contributed by atoms with Gasteiger partial charge in [0, 0.05) is 25.6 Å². The van der Waals surface area contributed by atoms with Gasteiger partial charge in [-0.05, 0) is 25.2 Å². The summed E-state index contributed by atoms with van der Waals surface area (Å²) in [6.45, 7) is 4.23. The zero-order valence-corrected chi connectivity index (χ0v) is 10.0. The number of carbonyl (C=O) groups excluding carboxylic acids is 1. The smallest absolute Gasteiger partial charge is 0.224 e. The minimum atomic E-state index is 0.0791. The second kappa shape index (κ2) is 5.15. The molecule has 1 saturated carbocycles. The summed E-state index contributed by atoms with van der Waals surface area (Å²) in [7, 11) is 0. The van der Waals surface area contributed by atoms with Crippen molar-refractivity contribution in [3.8, 4) is 0 Å². The molecule has 1 heterocycles. The first-order valence-corrected chi connectivity index (χ1v) is 6.35. The molecule has 0 aromatic heterocycles. The van der Waals surface area contributed by atoms with Crippen LogP contribution in [0.4, 0.5) is 0 Å². The summed E-state index contributed by atoms with van der Waals surface area (Å²) in [4.78, 5) is 13.9. The van der Waals surface area contributed by atoms with Crippen molar-refractivity contribution in [2.75, 3.05) is 19.7 Å². The van der Waals surface area contributed by atoms with Crippen molar-refractivity contribution in [1.82, 2.24) is 4.90 Å². The standard InChI is InChI=1S/C12H22N2O2/c1-2-10-8-14(5-6-16-10)12(15)7-11(13)9-3-4-9/h9-11H,2-8,13H2,1H3. The van der Waals surface area contributed by atoms with Crippen LogP contribution in [0.1, 0.15) is 32.6 Å². The Labute approximate surface area is 97.1 Å². The van der Waals surface area contributed by atoms with Gasteiger partial charge in [0.05, 0.1) is 12.7 Å². The number of ether oxygens (including phenoxy) is 1. The van der Waals surface area contributed by atoms with Gasteiger partial charge in [-0.3, -0.25) is 4.79 Å². The quantitative estimate of drug-likeness (QED) is 0.769. The average molecular weight is 226 g/mol. The first-order valence-electron chi connectivity index (χ1n) is 6.35. The molecule has 2 fully saturated rings. The highest BCUT2D eigenvalue weighted by Gasteiger charge is 2.32. The van der Waals surface area contributed by atoms with Gasteiger partial charge in [-0.25, -0.2) is 0 Å². The Morgan fingerprint density at radius 1 is 1.56 bits per heavy atom. The molecule has 2 atom stereocenters. The number of carbonyl (C=O) groups is 1. The van der Waals surface area contributed by atoms with Crippen LogP contribution in [0.2, 0.25) is 0 Å². The van der Waals surface area contributed by atoms with Crippen molar-refractivity contribution >= 4 is 5.91 Å². The fraction of sp³-hybridized carbons (Fsp3) is 0.917. The van der Waals surface area contributed by atoms with Crippen LogP contribution in [0.3, 0.4) is 0 Å². The Hall–Kier alpha value is -0.610. The van der Waals surface area contributed by atoms with E-state index in [0.29, 0.717) is 18.9 Å². The summed E-state index contributed by atoms with van der Waals surface area (Å²) in [6, 6.07) is 0.0791. The Morgan fingerprint density at radius 3 is 2.94 bits per heavy atom. The predicted octanol–water partition coefficient (Wildman–Crippen LogP) is 0.751. The van der Waals surface area contributed by atoms with Crippen molar-refractivity contribution in [1.29, 1.82) is 0 Å². The predicted molar refractivity (Wildman–Crippen MR) is 61.9 cm³/mol. The normalized spacial score (nSPS) is 27.9. The Morgan fingerprint density at radius 2 is 2.31 bits per heavy atom. The van der Waals surface area contributed by atoms with E-state index in [9.17, 15) is 4.79 Å². The number of amides is 1. The van der Waals surface area contributed by atoms with Crippen molar-refractivity contribution < 1.29 is 9.53 Å². The molecule has 16 heavy (non-hydrogen) atoms. The highest BCUT2D eigenvalue weighted by Crippen LogP contribution is 2.33. The molecular weight excluding hydrogens is 204 g/mol. The van der Waals surface area contributed by atoms with E-state index in [1.54, 1.807) is 0 Å². The van der Waals surface area contributed by atoms with Crippen LogP contribution >= 0.6 is 0 Å². The molecule has 1 aliphatic heterocycles. The van der Waals surface area contributed by atoms with Crippen LogP contribution < -0.4 is 5.73 Å². The van der Waals surface area contributed by atoms with E-state index in [1.807, 2.05) is 4.90 Å². The lowest BCUT2D eigenvalue weighted by Crippen LogP contribution is -2.47. The largest absolute Gasteiger partial charge is 0.375 e. The topological polar surface area (TPSA) is 55.6 Å². The van der Waals surface area contributed by atoms with Crippen LogP contribution in [0.25, 0.3) is 0 Å². The van der Waals surface area contributed by atoms with Gasteiger partial charge >= 0.3 is 0 Å². The fourth-order valence-corrected chi connectivity index (χ4v) is 2.21. The molecule has 0 radical (unpaired) electrons. The van der Waals surface area contributed by atoms with Gasteiger partial charge in [-0.2, -0.15) is 0 Å². The number of nitrogens with zero attached hydrogens (tertiary/aromatic N) is 1. The molecule has 4 nitrogen and oxygen atoms in total. The molecule has 2 aliphatic rings. The zero-order chi connectivity index (χ0) is 11.5. The minimum absolute atomic E-state index is 0.0791. The minimum Gasteiger partial charge on any atom is -0.375 e. The molecule has 92 valence electrons. The molecule has 2 rings (SSSR count). The monoisotopic (exact) mass is 226 g/mol. The van der Waals surface area contributed by atoms with Crippen molar-refractivity contribution in [3.05, 3.63) is 0 Å². The second-order valence-electron chi connectivity index (χ2n) is 4.95. The third kappa shape index (κ3) is 2.95. The molecule has 0 bridgehead atoms. The van der Waals surface area contributed by atoms with E-state index in [2.05, 4.69) is 6.92 Å². The van der Waals surface area contributed by atoms with Crippen LogP contribution in [-0.2, 0) is 9.53 Å². The third-order valence-corrected chi connectivity index (χ3v) is 3.58. The summed E-state index contributed by atoms with van der Waals surface area (Å²) in [5, 5.41) is 0. The maximum atomic E-state index is 12.0. The van der Waals surface area contributed by atoms with Gasteiger partial charge in [0.15, 0.2) is 0 Å². The van der Waals surface area contributed by atoms with Crippen LogP contribution in [0.5, 0.6) is 0 Å². The molecule has 1 amide bonds. The number of rotatable bonds is 4. The highest BCUT2D eigenvalue weighted by atomic mass is 16.5. The number of morpholine rings is 1. The van der Waals surface area contributed by atoms with Gasteiger partial charge in [-0.1, -0.05) is 6.92 Å². The SMILES string of the molecule is CCC1CN(C(=O)CC(N)C2CC2)CCO1. The van der Waals surface area contributed by atoms with Gasteiger partial charge in [-0.15, -0.1) is 0 Å². The van der Waals surface area contributed by atoms with E-state index >= 15 is 0 Å². The molecular formula is C12H22N2O2. The average Bonchev–Trinajstić information content (AvgIpc) is 3.13. The molecule has 0 aromatic rings. The molecule has 1 saturated heterocycles. The molecule has 1 aliphatic carbocycles. The molecule has 4 heteroatoms. The molecule has 2 N–H and O–H groups in total. The van der Waals surface area contributed by atoms with Gasteiger partial charge in [0.1, 0.15) is 0 Å². The van der Waals surface area contributed by atoms with Crippen molar-refractivity contribution in [2.24, 2.45) is 11.7 Å². The molecule has 2 unspecified atom stereocenters. The number of hydrogen-bond donors (Lipinski definition) is 1. The third-order valence-electron chi connectivity index (χ3n) is 3.58. The summed E-state index contributed by atoms with van der Waals surface area (Å²) in [5.74, 6) is 0.813. The zero-order valence-electron chi connectivity index (χ0n) is 10.0. The van der Waals surface area contributed by atoms with E-state index in [4.69, 9.17) is 10.5 Å². The van der Waals surface area contributed by atoms with E-state index in [-0.39, 0.29) is 18.1 Å². The van der Waals surface area contributed by atoms with Crippen molar-refractivity contribution in [3.63, 3.8) is 0 Å². The van der Waals surface area contributed by atoms with E-state index in [0.717, 1.165) is 19.5 Å². The van der Waals surface area contributed by atoms with Gasteiger partial charge in [0.25, 0.3) is 0 Å². The molecule has 0 aromatic carbocycles. The van der Waals surface area contributed by atoms with E-state index in [1.165, 1.54) is 12.8 Å². The number of nitrogens with two attached hydrogens (primary N) is 1. The van der Waals surface area contributed by atoms with Crippen LogP contribution in [-0.4, -0.2) is 42.6 Å². The lowest BCUT2D eigenvalue weighted by Gasteiger charge is -2.33. The fourth-order valence-electron chi connectivity index (χ4n) is 2.21. The number of hydrogen-bond acceptors (Lipinski definition) is 3. The second-order valence-corrected chi connectivity index (χ2v) is 4.95. The summed E-state index contributed by atoms with van der Waals surface area (Å²) in [6.07, 6.45) is 4.11. The Balaban J connectivity index is 1.78. The van der Waals surface area contributed by atoms with Gasteiger partial charge < -0.3 is 15.4 Å². The summed E-state index contributed by atoms with van der Waals surface area (Å²) in [5.41, 5.74) is 5.97. The first kappa shape index (κ1) is 11.9. The van der Waals surface area contributed by atoms with Crippen LogP contribution in [0.15, 0.2) is 0 Å².